The van der Waals surface area contributed by atoms with Crippen LogP contribution in [0.4, 0.5) is 23.4 Å². The highest BCUT2D eigenvalue weighted by Gasteiger charge is 2.03. The summed E-state index contributed by atoms with van der Waals surface area (Å²) in [6, 6.07) is 1.78. The normalized spacial score (nSPS) is 10.1. The predicted molar refractivity (Wildman–Crippen MR) is 70.5 cm³/mol. The topological polar surface area (TPSA) is 102 Å². The van der Waals surface area contributed by atoms with Gasteiger partial charge in [-0.1, -0.05) is 6.92 Å². The Kier molecular flexibility index (Phi) is 3.85. The van der Waals surface area contributed by atoms with Crippen LogP contribution in [0.1, 0.15) is 13.3 Å². The van der Waals surface area contributed by atoms with Crippen molar-refractivity contribution in [1.82, 2.24) is 19.9 Å². The van der Waals surface area contributed by atoms with Crippen molar-refractivity contribution in [2.45, 2.75) is 13.3 Å². The molecule has 7 nitrogen and oxygen atoms in total. The first-order chi connectivity index (χ1) is 8.78. The molecule has 0 aromatic carbocycles. The van der Waals surface area contributed by atoms with Crippen molar-refractivity contribution in [2.75, 3.05) is 22.9 Å². The number of anilines is 4. The van der Waals surface area contributed by atoms with Gasteiger partial charge in [-0.05, 0) is 6.42 Å². The molecule has 0 fully saturated rings. The van der Waals surface area contributed by atoms with Crippen LogP contribution in [0.3, 0.4) is 0 Å². The van der Waals surface area contributed by atoms with E-state index < -0.39 is 0 Å². The zero-order valence-corrected chi connectivity index (χ0v) is 10.1. The van der Waals surface area contributed by atoms with Gasteiger partial charge in [0.1, 0.15) is 17.5 Å². The largest absolute Gasteiger partial charge is 0.370 e. The maximum Gasteiger partial charge on any atom is 0.223 e. The quantitative estimate of drug-likeness (QED) is 0.732. The number of rotatable bonds is 5. The van der Waals surface area contributed by atoms with Crippen molar-refractivity contribution in [3.05, 3.63) is 24.7 Å². The Hall–Kier alpha value is -2.44. The minimum Gasteiger partial charge on any atom is -0.370 e. The molecule has 94 valence electrons. The Morgan fingerprint density at radius 2 is 2.00 bits per heavy atom. The monoisotopic (exact) mass is 245 g/mol. The highest BCUT2D eigenvalue weighted by molar-refractivity contribution is 5.57. The van der Waals surface area contributed by atoms with Crippen LogP contribution in [-0.4, -0.2) is 26.5 Å². The van der Waals surface area contributed by atoms with E-state index in [9.17, 15) is 0 Å². The Morgan fingerprint density at radius 1 is 1.17 bits per heavy atom. The third-order valence-corrected chi connectivity index (χ3v) is 2.12. The zero-order valence-electron chi connectivity index (χ0n) is 10.1. The molecule has 2 heterocycles. The molecular weight excluding hydrogens is 230 g/mol. The Balaban J connectivity index is 2.15. The second-order valence-corrected chi connectivity index (χ2v) is 3.64. The highest BCUT2D eigenvalue weighted by atomic mass is 15.1. The summed E-state index contributed by atoms with van der Waals surface area (Å²) < 4.78 is 0. The van der Waals surface area contributed by atoms with E-state index >= 15 is 0 Å². The Morgan fingerprint density at radius 3 is 2.72 bits per heavy atom. The number of hydrogen-bond donors (Lipinski definition) is 3. The van der Waals surface area contributed by atoms with E-state index in [0.29, 0.717) is 17.5 Å². The lowest BCUT2D eigenvalue weighted by Crippen LogP contribution is -2.07. The van der Waals surface area contributed by atoms with Gasteiger partial charge < -0.3 is 16.4 Å². The molecule has 0 amide bonds. The lowest BCUT2D eigenvalue weighted by atomic mass is 10.4. The van der Waals surface area contributed by atoms with E-state index in [1.165, 1.54) is 0 Å². The van der Waals surface area contributed by atoms with E-state index in [-0.39, 0.29) is 5.95 Å². The van der Waals surface area contributed by atoms with Crippen molar-refractivity contribution in [3.63, 3.8) is 0 Å². The Bertz CT molecular complexity index is 500. The number of nitrogen functional groups attached to an aromatic ring is 1. The smallest absolute Gasteiger partial charge is 0.223 e. The molecule has 0 saturated carbocycles. The average molecular weight is 245 g/mol. The molecule has 2 aromatic heterocycles. The van der Waals surface area contributed by atoms with Crippen molar-refractivity contribution in [1.29, 1.82) is 0 Å². The van der Waals surface area contributed by atoms with Gasteiger partial charge >= 0.3 is 0 Å². The van der Waals surface area contributed by atoms with Crippen LogP contribution in [0.5, 0.6) is 0 Å². The molecule has 0 atom stereocenters. The van der Waals surface area contributed by atoms with Gasteiger partial charge in [-0.25, -0.2) is 4.98 Å². The fourth-order valence-electron chi connectivity index (χ4n) is 1.37. The second kappa shape index (κ2) is 5.76. The van der Waals surface area contributed by atoms with Gasteiger partial charge in [0, 0.05) is 25.0 Å². The molecule has 0 aliphatic rings. The number of nitrogens with one attached hydrogen (secondary N) is 2. The fraction of sp³-hybridized carbons (Fsp3) is 0.273. The predicted octanol–water partition coefficient (Wildman–Crippen LogP) is 1.41. The molecule has 0 unspecified atom stereocenters. The minimum atomic E-state index is 0.211. The number of aromatic nitrogens is 4. The summed E-state index contributed by atoms with van der Waals surface area (Å²) in [6.45, 7) is 2.91. The first-order valence-corrected chi connectivity index (χ1v) is 5.69. The van der Waals surface area contributed by atoms with Crippen molar-refractivity contribution in [3.8, 4) is 0 Å². The summed E-state index contributed by atoms with van der Waals surface area (Å²) in [5.74, 6) is 2.09. The van der Waals surface area contributed by atoms with Crippen LogP contribution in [0.25, 0.3) is 0 Å². The second-order valence-electron chi connectivity index (χ2n) is 3.64. The molecule has 0 aliphatic carbocycles. The zero-order chi connectivity index (χ0) is 12.8. The number of nitrogens with two attached hydrogens (primary N) is 1. The molecule has 2 rings (SSSR count). The molecular formula is C11H15N7. The molecule has 7 heteroatoms. The van der Waals surface area contributed by atoms with Crippen LogP contribution in [-0.2, 0) is 0 Å². The average Bonchev–Trinajstić information content (AvgIpc) is 2.37. The van der Waals surface area contributed by atoms with Crippen molar-refractivity contribution >= 4 is 23.4 Å². The SMILES string of the molecule is CCCNc1cc(Nc2cnccn2)nc(N)n1. The van der Waals surface area contributed by atoms with E-state index in [0.717, 1.165) is 13.0 Å². The molecule has 0 radical (unpaired) electrons. The molecule has 4 N–H and O–H groups in total. The molecule has 0 aliphatic heterocycles. The lowest BCUT2D eigenvalue weighted by Gasteiger charge is -2.08. The summed E-state index contributed by atoms with van der Waals surface area (Å²) in [4.78, 5) is 16.2. The van der Waals surface area contributed by atoms with Crippen LogP contribution in [0.15, 0.2) is 24.7 Å². The molecule has 0 spiro atoms. The first-order valence-electron chi connectivity index (χ1n) is 5.69. The van der Waals surface area contributed by atoms with Gasteiger partial charge in [0.05, 0.1) is 6.20 Å². The van der Waals surface area contributed by atoms with E-state index in [2.05, 4.69) is 37.5 Å². The third kappa shape index (κ3) is 3.27. The summed E-state index contributed by atoms with van der Waals surface area (Å²) in [7, 11) is 0. The molecule has 18 heavy (non-hydrogen) atoms. The molecule has 0 bridgehead atoms. The van der Waals surface area contributed by atoms with Crippen LogP contribution in [0.2, 0.25) is 0 Å². The minimum absolute atomic E-state index is 0.211. The number of nitrogens with zero attached hydrogens (tertiary/aromatic N) is 4. The van der Waals surface area contributed by atoms with Gasteiger partial charge in [-0.3, -0.25) is 4.98 Å². The van der Waals surface area contributed by atoms with E-state index in [4.69, 9.17) is 5.73 Å². The molecule has 0 saturated heterocycles. The number of hydrogen-bond acceptors (Lipinski definition) is 7. The van der Waals surface area contributed by atoms with Crippen LogP contribution in [0, 0.1) is 0 Å². The van der Waals surface area contributed by atoms with E-state index in [1.807, 2.05) is 0 Å². The summed E-state index contributed by atoms with van der Waals surface area (Å²) >= 11 is 0. The summed E-state index contributed by atoms with van der Waals surface area (Å²) in [5, 5.41) is 6.17. The highest BCUT2D eigenvalue weighted by Crippen LogP contribution is 2.15. The van der Waals surface area contributed by atoms with Crippen molar-refractivity contribution in [2.24, 2.45) is 0 Å². The van der Waals surface area contributed by atoms with Gasteiger partial charge in [-0.15, -0.1) is 0 Å². The van der Waals surface area contributed by atoms with Crippen LogP contribution >= 0.6 is 0 Å². The standard InChI is InChI=1S/C11H15N7/c1-2-3-14-8-6-9(18-11(12)17-8)16-10-7-13-4-5-15-10/h4-7H,2-3H2,1H3,(H4,12,14,15,16,17,18). The van der Waals surface area contributed by atoms with Crippen LogP contribution < -0.4 is 16.4 Å². The van der Waals surface area contributed by atoms with E-state index in [1.54, 1.807) is 24.7 Å². The maximum absolute atomic E-state index is 5.65. The van der Waals surface area contributed by atoms with Gasteiger partial charge in [0.15, 0.2) is 0 Å². The first kappa shape index (κ1) is 12.0. The van der Waals surface area contributed by atoms with Gasteiger partial charge in [0.2, 0.25) is 5.95 Å². The maximum atomic E-state index is 5.65. The molecule has 2 aromatic rings. The lowest BCUT2D eigenvalue weighted by molar-refractivity contribution is 0.966. The fourth-order valence-corrected chi connectivity index (χ4v) is 1.37. The third-order valence-electron chi connectivity index (χ3n) is 2.12. The Labute approximate surface area is 105 Å². The summed E-state index contributed by atoms with van der Waals surface area (Å²) in [6.07, 6.45) is 5.82. The van der Waals surface area contributed by atoms with Gasteiger partial charge in [0.25, 0.3) is 0 Å². The van der Waals surface area contributed by atoms with Crippen molar-refractivity contribution < 1.29 is 0 Å². The van der Waals surface area contributed by atoms with Gasteiger partial charge in [-0.2, -0.15) is 9.97 Å². The summed E-state index contributed by atoms with van der Waals surface area (Å²) in [5.41, 5.74) is 5.65.